The Labute approximate surface area is 324 Å². The normalized spacial score (nSPS) is 21.3. The number of carbonyl (C=O) groups is 4. The number of hydrogen-bond acceptors (Lipinski definition) is 10. The number of ether oxygens (including phenoxy) is 1. The fourth-order valence-electron chi connectivity index (χ4n) is 8.90. The van der Waals surface area contributed by atoms with Gasteiger partial charge in [-0.2, -0.15) is 10.2 Å². The molecule has 294 valence electrons. The predicted molar refractivity (Wildman–Crippen MR) is 202 cm³/mol. The third-order valence-electron chi connectivity index (χ3n) is 12.1. The third kappa shape index (κ3) is 6.33. The molecule has 0 bridgehead atoms. The molecule has 0 spiro atoms. The van der Waals surface area contributed by atoms with Crippen molar-refractivity contribution in [3.63, 3.8) is 0 Å². The Balaban J connectivity index is 0.818. The summed E-state index contributed by atoms with van der Waals surface area (Å²) in [5.41, 5.74) is 8.78. The molecule has 5 aromatic rings. The number of benzene rings is 2. The molecule has 3 aromatic heterocycles. The van der Waals surface area contributed by atoms with Gasteiger partial charge in [-0.15, -0.1) is 0 Å². The van der Waals surface area contributed by atoms with E-state index in [1.54, 1.807) is 27.9 Å². The van der Waals surface area contributed by atoms with E-state index < -0.39 is 41.2 Å². The molecule has 7 heterocycles. The van der Waals surface area contributed by atoms with Crippen LogP contribution in [0, 0.1) is 11.7 Å². The number of rotatable bonds is 10. The van der Waals surface area contributed by atoms with Gasteiger partial charge in [-0.1, -0.05) is 6.07 Å². The van der Waals surface area contributed by atoms with Gasteiger partial charge in [-0.3, -0.25) is 34.5 Å². The average molecular weight is 779 g/mol. The monoisotopic (exact) mass is 778 g/mol. The number of aromatic nitrogens is 5. The fourth-order valence-corrected chi connectivity index (χ4v) is 8.90. The summed E-state index contributed by atoms with van der Waals surface area (Å²) < 4.78 is 39.4. The summed E-state index contributed by atoms with van der Waals surface area (Å²) in [6.45, 7) is 2.05. The number of imide groups is 1. The summed E-state index contributed by atoms with van der Waals surface area (Å²) in [7, 11) is 0. The summed E-state index contributed by atoms with van der Waals surface area (Å²) in [4.78, 5) is 60.3. The highest BCUT2D eigenvalue weighted by Crippen LogP contribution is 2.40. The fraction of sp³-hybridized carbons (Fsp3) is 0.425. The van der Waals surface area contributed by atoms with Crippen LogP contribution in [0.15, 0.2) is 42.7 Å². The second-order valence-corrected chi connectivity index (χ2v) is 16.2. The van der Waals surface area contributed by atoms with Crippen LogP contribution >= 0.6 is 0 Å². The standard InChI is InChI=1S/C40H40F2N10O5/c41-27-13-26(12-25-15-51(39(56)32(25)27)29-5-6-31(53)45-38(29)55)50-19-40(42,20-50)18-49-9-7-22(8-10-49)35-33(36(43)54)37-46-34(23-3-4-28-24(11-23)14-44-47-28)30(16-52(37)48-35)57-17-21-1-2-21/h3-4,11-14,16,21-22,29H,1-2,5-10,15,17-20H2,(H2,43,54)(H,44,47)(H,45,53,55). The number of aromatic amines is 1. The molecule has 4 amide bonds. The minimum absolute atomic E-state index is 0.0351. The Morgan fingerprint density at radius 3 is 2.61 bits per heavy atom. The molecule has 4 aliphatic heterocycles. The quantitative estimate of drug-likeness (QED) is 0.178. The van der Waals surface area contributed by atoms with Gasteiger partial charge in [0.2, 0.25) is 11.8 Å². The molecule has 3 saturated heterocycles. The minimum Gasteiger partial charge on any atom is -0.489 e. The number of nitrogens with one attached hydrogen (secondary N) is 2. The first-order valence-electron chi connectivity index (χ1n) is 19.4. The van der Waals surface area contributed by atoms with Crippen LogP contribution < -0.4 is 20.7 Å². The number of anilines is 1. The highest BCUT2D eigenvalue weighted by molar-refractivity contribution is 6.06. The zero-order valence-corrected chi connectivity index (χ0v) is 31.0. The van der Waals surface area contributed by atoms with Crippen molar-refractivity contribution in [1.82, 2.24) is 39.9 Å². The number of alkyl halides is 1. The van der Waals surface area contributed by atoms with Crippen LogP contribution in [0.4, 0.5) is 14.5 Å². The van der Waals surface area contributed by atoms with Crippen molar-refractivity contribution in [2.45, 2.75) is 62.7 Å². The lowest BCUT2D eigenvalue weighted by Crippen LogP contribution is -2.64. The first kappa shape index (κ1) is 35.4. The SMILES string of the molecule is NC(=O)c1c(C2CCN(CC3(F)CN(c4cc(F)c5c(c4)CN(C4CCC(=O)NC4=O)C5=O)C3)CC2)nn2cc(OCC3CC3)c(-c3ccc4[nH]ncc4c3)nc12. The van der Waals surface area contributed by atoms with E-state index in [0.29, 0.717) is 72.5 Å². The van der Waals surface area contributed by atoms with Crippen molar-refractivity contribution < 1.29 is 32.7 Å². The highest BCUT2D eigenvalue weighted by Gasteiger charge is 2.47. The molecule has 1 atom stereocenters. The van der Waals surface area contributed by atoms with Gasteiger partial charge in [0.05, 0.1) is 48.9 Å². The molecular weight excluding hydrogens is 739 g/mol. The van der Waals surface area contributed by atoms with Crippen molar-refractivity contribution in [2.24, 2.45) is 11.7 Å². The van der Waals surface area contributed by atoms with E-state index in [0.717, 1.165) is 29.3 Å². The molecule has 2 aromatic carbocycles. The number of H-pyrrole nitrogens is 1. The molecular formula is C40H40F2N10O5. The maximum atomic E-state index is 16.2. The van der Waals surface area contributed by atoms with Gasteiger partial charge in [0.15, 0.2) is 17.1 Å². The minimum atomic E-state index is -1.53. The zero-order chi connectivity index (χ0) is 39.2. The lowest BCUT2D eigenvalue weighted by molar-refractivity contribution is -0.136. The van der Waals surface area contributed by atoms with E-state index >= 15 is 8.78 Å². The summed E-state index contributed by atoms with van der Waals surface area (Å²) in [5.74, 6) is -1.92. The first-order valence-corrected chi connectivity index (χ1v) is 19.4. The van der Waals surface area contributed by atoms with Crippen molar-refractivity contribution in [3.05, 3.63) is 70.9 Å². The molecule has 1 saturated carbocycles. The molecule has 10 rings (SSSR count). The van der Waals surface area contributed by atoms with Crippen molar-refractivity contribution in [1.29, 1.82) is 0 Å². The van der Waals surface area contributed by atoms with E-state index in [2.05, 4.69) is 20.4 Å². The predicted octanol–water partition coefficient (Wildman–Crippen LogP) is 3.47. The number of piperidine rings is 2. The Hall–Kier alpha value is -5.97. The number of fused-ring (bicyclic) bond motifs is 3. The van der Waals surface area contributed by atoms with Crippen LogP contribution in [0.3, 0.4) is 0 Å². The molecule has 57 heavy (non-hydrogen) atoms. The molecule has 5 aliphatic rings. The van der Waals surface area contributed by atoms with Gasteiger partial charge in [-0.05, 0) is 80.9 Å². The number of carbonyl (C=O) groups excluding carboxylic acids is 4. The average Bonchev–Trinajstić information content (AvgIpc) is 3.59. The van der Waals surface area contributed by atoms with Gasteiger partial charge >= 0.3 is 0 Å². The van der Waals surface area contributed by atoms with Crippen LogP contribution in [-0.4, -0.2) is 109 Å². The summed E-state index contributed by atoms with van der Waals surface area (Å²) in [5, 5.41) is 15.1. The molecule has 1 aliphatic carbocycles. The third-order valence-corrected chi connectivity index (χ3v) is 12.1. The smallest absolute Gasteiger partial charge is 0.258 e. The number of likely N-dealkylation sites (tertiary alicyclic amines) is 1. The maximum Gasteiger partial charge on any atom is 0.258 e. The van der Waals surface area contributed by atoms with Crippen molar-refractivity contribution in [2.75, 3.05) is 44.2 Å². The van der Waals surface area contributed by atoms with Crippen LogP contribution in [0.1, 0.15) is 76.4 Å². The Kier molecular flexibility index (Phi) is 8.28. The Bertz CT molecular complexity index is 2500. The number of hydrogen-bond donors (Lipinski definition) is 3. The molecule has 17 heteroatoms. The van der Waals surface area contributed by atoms with Gasteiger partial charge in [-0.25, -0.2) is 18.3 Å². The van der Waals surface area contributed by atoms with Gasteiger partial charge < -0.3 is 20.3 Å². The van der Waals surface area contributed by atoms with E-state index in [-0.39, 0.29) is 56.1 Å². The Morgan fingerprint density at radius 1 is 1.05 bits per heavy atom. The van der Waals surface area contributed by atoms with E-state index in [4.69, 9.17) is 20.6 Å². The van der Waals surface area contributed by atoms with Crippen molar-refractivity contribution in [3.8, 4) is 17.0 Å². The number of primary amides is 1. The summed E-state index contributed by atoms with van der Waals surface area (Å²) in [6.07, 6.45) is 7.31. The van der Waals surface area contributed by atoms with Gasteiger partial charge in [0, 0.05) is 42.1 Å². The zero-order valence-electron chi connectivity index (χ0n) is 31.0. The van der Waals surface area contributed by atoms with Crippen molar-refractivity contribution >= 4 is 45.9 Å². The number of halogens is 2. The maximum absolute atomic E-state index is 16.2. The lowest BCUT2D eigenvalue weighted by Gasteiger charge is -2.48. The Morgan fingerprint density at radius 2 is 1.86 bits per heavy atom. The summed E-state index contributed by atoms with van der Waals surface area (Å²) in [6, 6.07) is 7.93. The number of amides is 4. The molecule has 15 nitrogen and oxygen atoms in total. The lowest BCUT2D eigenvalue weighted by atomic mass is 9.89. The largest absolute Gasteiger partial charge is 0.489 e. The summed E-state index contributed by atoms with van der Waals surface area (Å²) >= 11 is 0. The van der Waals surface area contributed by atoms with Gasteiger partial charge in [0.25, 0.3) is 11.8 Å². The van der Waals surface area contributed by atoms with E-state index in [9.17, 15) is 19.2 Å². The second-order valence-electron chi connectivity index (χ2n) is 16.2. The van der Waals surface area contributed by atoms with Crippen LogP contribution in [0.25, 0.3) is 27.8 Å². The molecule has 1 unspecified atom stereocenters. The second kappa shape index (κ2) is 13.3. The molecule has 0 radical (unpaired) electrons. The first-order chi connectivity index (χ1) is 27.5. The highest BCUT2D eigenvalue weighted by atomic mass is 19.1. The van der Waals surface area contributed by atoms with E-state index in [1.165, 1.54) is 11.0 Å². The molecule has 4 fully saturated rings. The number of nitrogens with zero attached hydrogens (tertiary/aromatic N) is 7. The number of nitrogens with two attached hydrogens (primary N) is 1. The van der Waals surface area contributed by atoms with Gasteiger partial charge in [0.1, 0.15) is 23.1 Å². The van der Waals surface area contributed by atoms with Crippen LogP contribution in [-0.2, 0) is 16.1 Å². The topological polar surface area (TPSA) is 184 Å². The molecule has 4 N–H and O–H groups in total. The van der Waals surface area contributed by atoms with Crippen LogP contribution in [0.5, 0.6) is 5.75 Å². The van der Waals surface area contributed by atoms with Crippen LogP contribution in [0.2, 0.25) is 0 Å². The van der Waals surface area contributed by atoms with E-state index in [1.807, 2.05) is 18.2 Å².